The lowest BCUT2D eigenvalue weighted by Crippen LogP contribution is -2.40. The van der Waals surface area contributed by atoms with E-state index in [0.717, 1.165) is 0 Å². The van der Waals surface area contributed by atoms with Gasteiger partial charge in [0, 0.05) is 25.0 Å². The summed E-state index contributed by atoms with van der Waals surface area (Å²) in [6, 6.07) is 5.45. The summed E-state index contributed by atoms with van der Waals surface area (Å²) in [5.74, 6) is -0.332. The van der Waals surface area contributed by atoms with Gasteiger partial charge in [0.1, 0.15) is 10.9 Å². The van der Waals surface area contributed by atoms with Crippen LogP contribution in [0, 0.1) is 0 Å². The molecule has 156 valence electrons. The van der Waals surface area contributed by atoms with Crippen LogP contribution in [-0.2, 0) is 19.6 Å². The third-order valence-corrected chi connectivity index (χ3v) is 6.85. The molecule has 11 heteroatoms. The van der Waals surface area contributed by atoms with Crippen LogP contribution in [0.4, 0.5) is 11.4 Å². The first-order valence-electron chi connectivity index (χ1n) is 8.83. The monoisotopic (exact) mass is 458 g/mol. The van der Waals surface area contributed by atoms with Gasteiger partial charge in [0.05, 0.1) is 35.1 Å². The van der Waals surface area contributed by atoms with Crippen LogP contribution >= 0.6 is 23.2 Å². The van der Waals surface area contributed by atoms with E-state index in [1.807, 2.05) is 0 Å². The fraction of sp³-hybridized carbons (Fsp3) is 0.333. The molecule has 1 aliphatic heterocycles. The third-order valence-electron chi connectivity index (χ3n) is 4.27. The highest BCUT2D eigenvalue weighted by molar-refractivity contribution is 7.89. The Morgan fingerprint density at radius 3 is 2.59 bits per heavy atom. The summed E-state index contributed by atoms with van der Waals surface area (Å²) >= 11 is 12.0. The van der Waals surface area contributed by atoms with Gasteiger partial charge in [-0.3, -0.25) is 9.78 Å². The number of hydrogen-bond donors (Lipinski definition) is 2. The fourth-order valence-corrected chi connectivity index (χ4v) is 4.85. The lowest BCUT2D eigenvalue weighted by Gasteiger charge is -2.26. The number of morpholine rings is 1. The van der Waals surface area contributed by atoms with E-state index in [2.05, 4.69) is 15.6 Å². The van der Waals surface area contributed by atoms with Gasteiger partial charge in [-0.15, -0.1) is 0 Å². The molecular weight excluding hydrogens is 439 g/mol. The number of nitrogens with zero attached hydrogens (tertiary/aromatic N) is 2. The van der Waals surface area contributed by atoms with Crippen molar-refractivity contribution in [3.05, 3.63) is 46.7 Å². The molecule has 0 aliphatic carbocycles. The van der Waals surface area contributed by atoms with E-state index in [1.54, 1.807) is 19.1 Å². The van der Waals surface area contributed by atoms with Gasteiger partial charge in [-0.25, -0.2) is 8.42 Å². The molecule has 8 nitrogen and oxygen atoms in total. The second-order valence-electron chi connectivity index (χ2n) is 6.41. The van der Waals surface area contributed by atoms with Crippen LogP contribution in [0.5, 0.6) is 0 Å². The molecule has 0 radical (unpaired) electrons. The molecule has 2 heterocycles. The molecule has 2 aromatic rings. The Balaban J connectivity index is 1.74. The highest BCUT2D eigenvalue weighted by Gasteiger charge is 2.28. The van der Waals surface area contributed by atoms with Crippen LogP contribution in [0.3, 0.4) is 0 Å². The predicted molar refractivity (Wildman–Crippen MR) is 112 cm³/mol. The van der Waals surface area contributed by atoms with Gasteiger partial charge >= 0.3 is 0 Å². The summed E-state index contributed by atoms with van der Waals surface area (Å²) in [5.41, 5.74) is 0.913. The summed E-state index contributed by atoms with van der Waals surface area (Å²) < 4.78 is 32.4. The second kappa shape index (κ2) is 9.27. The van der Waals surface area contributed by atoms with Crippen LogP contribution in [0.2, 0.25) is 10.0 Å². The van der Waals surface area contributed by atoms with Gasteiger partial charge in [-0.1, -0.05) is 23.2 Å². The normalized spacial score (nSPS) is 16.2. The number of anilines is 2. The molecule has 1 amide bonds. The van der Waals surface area contributed by atoms with Gasteiger partial charge in [-0.2, -0.15) is 4.31 Å². The molecule has 1 fully saturated rings. The van der Waals surface area contributed by atoms with Crippen molar-refractivity contribution >= 4 is 50.5 Å². The van der Waals surface area contributed by atoms with Crippen molar-refractivity contribution in [3.8, 4) is 0 Å². The predicted octanol–water partition coefficient (Wildman–Crippen LogP) is 2.85. The Kier molecular flexibility index (Phi) is 6.97. The quantitative estimate of drug-likeness (QED) is 0.689. The molecule has 1 saturated heterocycles. The largest absolute Gasteiger partial charge is 0.379 e. The lowest BCUT2D eigenvalue weighted by molar-refractivity contribution is -0.116. The number of nitrogens with one attached hydrogen (secondary N) is 2. The first-order valence-corrected chi connectivity index (χ1v) is 11.0. The number of halogens is 2. The Morgan fingerprint density at radius 2 is 1.90 bits per heavy atom. The van der Waals surface area contributed by atoms with Crippen molar-refractivity contribution in [2.45, 2.75) is 17.9 Å². The lowest BCUT2D eigenvalue weighted by atomic mass is 10.2. The number of sulfonamides is 1. The molecule has 0 bridgehead atoms. The average Bonchev–Trinajstić information content (AvgIpc) is 2.70. The SMILES string of the molecule is C[C@H](Nc1ccc(Cl)c(S(=O)(=O)N2CCOCC2)c1)C(=O)Nc1cncc(Cl)c1. The minimum Gasteiger partial charge on any atom is -0.379 e. The molecule has 1 aromatic carbocycles. The smallest absolute Gasteiger partial charge is 0.246 e. The Bertz CT molecular complexity index is 997. The molecule has 1 aliphatic rings. The van der Waals surface area contributed by atoms with E-state index in [0.29, 0.717) is 29.6 Å². The van der Waals surface area contributed by atoms with E-state index < -0.39 is 16.1 Å². The molecule has 2 N–H and O–H groups in total. The fourth-order valence-electron chi connectivity index (χ4n) is 2.76. The number of benzene rings is 1. The number of carbonyl (C=O) groups is 1. The van der Waals surface area contributed by atoms with Crippen LogP contribution in [0.25, 0.3) is 0 Å². The number of amides is 1. The highest BCUT2D eigenvalue weighted by atomic mass is 35.5. The molecule has 0 saturated carbocycles. The molecule has 0 spiro atoms. The van der Waals surface area contributed by atoms with Crippen LogP contribution in [0.1, 0.15) is 6.92 Å². The maximum Gasteiger partial charge on any atom is 0.246 e. The number of carbonyl (C=O) groups excluding carboxylic acids is 1. The zero-order valence-corrected chi connectivity index (χ0v) is 17.9. The number of ether oxygens (including phenoxy) is 1. The van der Waals surface area contributed by atoms with Crippen molar-refractivity contribution in [1.29, 1.82) is 0 Å². The number of pyridine rings is 1. The first-order chi connectivity index (χ1) is 13.8. The topological polar surface area (TPSA) is 101 Å². The van der Waals surface area contributed by atoms with E-state index >= 15 is 0 Å². The molecule has 1 atom stereocenters. The summed E-state index contributed by atoms with van der Waals surface area (Å²) in [5, 5.41) is 6.20. The minimum atomic E-state index is -3.77. The van der Waals surface area contributed by atoms with Crippen molar-refractivity contribution in [2.24, 2.45) is 0 Å². The van der Waals surface area contributed by atoms with Crippen molar-refractivity contribution in [3.63, 3.8) is 0 Å². The van der Waals surface area contributed by atoms with E-state index in [9.17, 15) is 13.2 Å². The summed E-state index contributed by atoms with van der Waals surface area (Å²) in [6.45, 7) is 2.86. The maximum atomic E-state index is 12.9. The summed E-state index contributed by atoms with van der Waals surface area (Å²) in [6.07, 6.45) is 2.94. The Hall–Kier alpha value is -1.91. The minimum absolute atomic E-state index is 0.0160. The number of aromatic nitrogens is 1. The van der Waals surface area contributed by atoms with Crippen molar-refractivity contribution in [1.82, 2.24) is 9.29 Å². The Morgan fingerprint density at radius 1 is 1.17 bits per heavy atom. The zero-order valence-electron chi connectivity index (χ0n) is 15.6. The first kappa shape index (κ1) is 21.8. The van der Waals surface area contributed by atoms with E-state index in [4.69, 9.17) is 27.9 Å². The van der Waals surface area contributed by atoms with Gasteiger partial charge < -0.3 is 15.4 Å². The zero-order chi connectivity index (χ0) is 21.0. The van der Waals surface area contributed by atoms with Crippen molar-refractivity contribution < 1.29 is 17.9 Å². The van der Waals surface area contributed by atoms with Gasteiger partial charge in [0.25, 0.3) is 0 Å². The average molecular weight is 459 g/mol. The molecule has 0 unspecified atom stereocenters. The van der Waals surface area contributed by atoms with Gasteiger partial charge in [-0.05, 0) is 31.2 Å². The van der Waals surface area contributed by atoms with E-state index in [-0.39, 0.29) is 28.9 Å². The van der Waals surface area contributed by atoms with E-state index in [1.165, 1.54) is 28.8 Å². The van der Waals surface area contributed by atoms with Crippen LogP contribution in [0.15, 0.2) is 41.6 Å². The van der Waals surface area contributed by atoms with Crippen LogP contribution < -0.4 is 10.6 Å². The highest BCUT2D eigenvalue weighted by Crippen LogP contribution is 2.28. The summed E-state index contributed by atoms with van der Waals surface area (Å²) in [4.78, 5) is 16.3. The van der Waals surface area contributed by atoms with Crippen LogP contribution in [-0.4, -0.2) is 56.0 Å². The molecular formula is C18H20Cl2N4O4S. The summed E-state index contributed by atoms with van der Waals surface area (Å²) in [7, 11) is -3.77. The van der Waals surface area contributed by atoms with Crippen molar-refractivity contribution in [2.75, 3.05) is 36.9 Å². The molecule has 1 aromatic heterocycles. The third kappa shape index (κ3) is 5.37. The maximum absolute atomic E-state index is 12.9. The second-order valence-corrected chi connectivity index (χ2v) is 9.16. The van der Waals surface area contributed by atoms with Gasteiger partial charge in [0.2, 0.25) is 15.9 Å². The number of hydrogen-bond acceptors (Lipinski definition) is 6. The number of rotatable bonds is 6. The Labute approximate surface area is 179 Å². The molecule has 3 rings (SSSR count). The molecule has 29 heavy (non-hydrogen) atoms. The standard InChI is InChI=1S/C18H20Cl2N4O4S/c1-12(18(25)23-15-8-13(19)10-21-11-15)22-14-2-3-16(20)17(9-14)29(26,27)24-4-6-28-7-5-24/h2-3,8-12,22H,4-7H2,1H3,(H,23,25)/t12-/m0/s1. The van der Waals surface area contributed by atoms with Gasteiger partial charge in [0.15, 0.2) is 0 Å².